The van der Waals surface area contributed by atoms with Crippen molar-refractivity contribution in [1.82, 2.24) is 20.3 Å². The van der Waals surface area contributed by atoms with Crippen molar-refractivity contribution in [2.24, 2.45) is 0 Å². The molecule has 6 nitrogen and oxygen atoms in total. The van der Waals surface area contributed by atoms with E-state index in [1.165, 1.54) is 16.3 Å². The van der Waals surface area contributed by atoms with Crippen LogP contribution in [0.4, 0.5) is 17.6 Å². The zero-order valence-electron chi connectivity index (χ0n) is 16.6. The van der Waals surface area contributed by atoms with Gasteiger partial charge in [0.05, 0.1) is 6.54 Å². The van der Waals surface area contributed by atoms with Crippen LogP contribution in [0.3, 0.4) is 0 Å². The molecule has 4 rings (SSSR count). The number of hydrogen-bond acceptors (Lipinski definition) is 6. The summed E-state index contributed by atoms with van der Waals surface area (Å²) in [6, 6.07) is 22.9. The Morgan fingerprint density at radius 1 is 0.897 bits per heavy atom. The molecule has 1 aromatic heterocycles. The summed E-state index contributed by atoms with van der Waals surface area (Å²) < 4.78 is 0. The monoisotopic (exact) mass is 384 g/mol. The van der Waals surface area contributed by atoms with Gasteiger partial charge in [-0.05, 0) is 41.8 Å². The van der Waals surface area contributed by atoms with E-state index in [0.717, 1.165) is 11.3 Å². The smallest absolute Gasteiger partial charge is 0.232 e. The fourth-order valence-corrected chi connectivity index (χ4v) is 3.39. The van der Waals surface area contributed by atoms with Crippen molar-refractivity contribution in [2.75, 3.05) is 11.1 Å². The van der Waals surface area contributed by atoms with Gasteiger partial charge in [-0.2, -0.15) is 15.0 Å². The standard InChI is InChI=1S/C23H24N6/c1-15-8-3-6-13-20(15)26-23-28-21(27-22(24)29-23)14-25-16(2)18-12-7-10-17-9-4-5-11-19(17)18/h3-13,16,25H,14H2,1-2H3,(H3,24,26,27,28,29)/t16-/m1/s1. The first-order valence-corrected chi connectivity index (χ1v) is 9.64. The van der Waals surface area contributed by atoms with Gasteiger partial charge in [0, 0.05) is 11.7 Å². The van der Waals surface area contributed by atoms with Gasteiger partial charge in [-0.1, -0.05) is 60.7 Å². The molecule has 0 aliphatic carbocycles. The minimum Gasteiger partial charge on any atom is -0.368 e. The summed E-state index contributed by atoms with van der Waals surface area (Å²) >= 11 is 0. The van der Waals surface area contributed by atoms with Gasteiger partial charge in [-0.3, -0.25) is 0 Å². The number of anilines is 3. The van der Waals surface area contributed by atoms with Gasteiger partial charge in [-0.25, -0.2) is 0 Å². The van der Waals surface area contributed by atoms with Crippen LogP contribution in [0.1, 0.15) is 29.9 Å². The number of nitrogens with two attached hydrogens (primary N) is 1. The van der Waals surface area contributed by atoms with Crippen molar-refractivity contribution >= 4 is 28.4 Å². The predicted octanol–water partition coefficient (Wildman–Crippen LogP) is 4.51. The molecule has 1 atom stereocenters. The van der Waals surface area contributed by atoms with E-state index in [1.807, 2.05) is 31.2 Å². The highest BCUT2D eigenvalue weighted by molar-refractivity contribution is 5.86. The lowest BCUT2D eigenvalue weighted by atomic mass is 10.00. The van der Waals surface area contributed by atoms with E-state index in [0.29, 0.717) is 18.3 Å². The lowest BCUT2D eigenvalue weighted by molar-refractivity contribution is 0.562. The third kappa shape index (κ3) is 4.33. The summed E-state index contributed by atoms with van der Waals surface area (Å²) in [4.78, 5) is 13.0. The van der Waals surface area contributed by atoms with Gasteiger partial charge in [0.25, 0.3) is 0 Å². The summed E-state index contributed by atoms with van der Waals surface area (Å²) in [5.41, 5.74) is 9.20. The fraction of sp³-hybridized carbons (Fsp3) is 0.174. The van der Waals surface area contributed by atoms with E-state index < -0.39 is 0 Å². The number of aromatic nitrogens is 3. The van der Waals surface area contributed by atoms with Crippen molar-refractivity contribution < 1.29 is 0 Å². The van der Waals surface area contributed by atoms with Crippen LogP contribution in [0.2, 0.25) is 0 Å². The highest BCUT2D eigenvalue weighted by Crippen LogP contribution is 2.24. The van der Waals surface area contributed by atoms with Gasteiger partial charge in [0.15, 0.2) is 0 Å². The number of benzene rings is 3. The number of nitrogen functional groups attached to an aromatic ring is 1. The van der Waals surface area contributed by atoms with E-state index in [-0.39, 0.29) is 12.0 Å². The third-order valence-electron chi connectivity index (χ3n) is 4.95. The van der Waals surface area contributed by atoms with Crippen LogP contribution < -0.4 is 16.4 Å². The third-order valence-corrected chi connectivity index (χ3v) is 4.95. The molecule has 0 bridgehead atoms. The second-order valence-corrected chi connectivity index (χ2v) is 7.04. The Kier molecular flexibility index (Phi) is 5.35. The average molecular weight is 384 g/mol. The van der Waals surface area contributed by atoms with E-state index >= 15 is 0 Å². The van der Waals surface area contributed by atoms with E-state index in [2.05, 4.69) is 75.0 Å². The number of nitrogens with zero attached hydrogens (tertiary/aromatic N) is 3. The van der Waals surface area contributed by atoms with Gasteiger partial charge in [-0.15, -0.1) is 0 Å². The zero-order chi connectivity index (χ0) is 20.2. The van der Waals surface area contributed by atoms with Crippen LogP contribution in [-0.2, 0) is 6.54 Å². The van der Waals surface area contributed by atoms with E-state index in [9.17, 15) is 0 Å². The molecule has 29 heavy (non-hydrogen) atoms. The number of fused-ring (bicyclic) bond motifs is 1. The number of rotatable bonds is 6. The Labute approximate surface area is 170 Å². The van der Waals surface area contributed by atoms with Crippen molar-refractivity contribution in [3.8, 4) is 0 Å². The first-order chi connectivity index (χ1) is 14.1. The van der Waals surface area contributed by atoms with Crippen molar-refractivity contribution in [2.45, 2.75) is 26.4 Å². The highest BCUT2D eigenvalue weighted by atomic mass is 15.2. The predicted molar refractivity (Wildman–Crippen MR) is 118 cm³/mol. The molecule has 4 N–H and O–H groups in total. The molecule has 4 aromatic rings. The van der Waals surface area contributed by atoms with Crippen LogP contribution >= 0.6 is 0 Å². The highest BCUT2D eigenvalue weighted by Gasteiger charge is 2.11. The van der Waals surface area contributed by atoms with Gasteiger partial charge in [0.2, 0.25) is 11.9 Å². The molecule has 6 heteroatoms. The summed E-state index contributed by atoms with van der Waals surface area (Å²) in [6.07, 6.45) is 0. The van der Waals surface area contributed by atoms with Crippen molar-refractivity contribution in [3.05, 3.63) is 83.7 Å². The number of hydrogen-bond donors (Lipinski definition) is 3. The lowest BCUT2D eigenvalue weighted by Gasteiger charge is -2.16. The number of aryl methyl sites for hydroxylation is 1. The van der Waals surface area contributed by atoms with E-state index in [4.69, 9.17) is 5.73 Å². The number of para-hydroxylation sites is 1. The Hall–Kier alpha value is -3.51. The summed E-state index contributed by atoms with van der Waals surface area (Å²) in [7, 11) is 0. The van der Waals surface area contributed by atoms with Crippen molar-refractivity contribution in [3.63, 3.8) is 0 Å². The summed E-state index contributed by atoms with van der Waals surface area (Å²) in [5, 5.41) is 9.20. The molecule has 146 valence electrons. The molecule has 0 amide bonds. The van der Waals surface area contributed by atoms with Crippen LogP contribution in [0, 0.1) is 6.92 Å². The summed E-state index contributed by atoms with van der Waals surface area (Å²) in [6.45, 7) is 4.65. The largest absolute Gasteiger partial charge is 0.368 e. The molecule has 0 radical (unpaired) electrons. The maximum atomic E-state index is 5.91. The second-order valence-electron chi connectivity index (χ2n) is 7.04. The van der Waals surface area contributed by atoms with Crippen LogP contribution in [0.5, 0.6) is 0 Å². The van der Waals surface area contributed by atoms with Gasteiger partial charge in [0.1, 0.15) is 5.82 Å². The number of nitrogens with one attached hydrogen (secondary N) is 2. The summed E-state index contributed by atoms with van der Waals surface area (Å²) in [5.74, 6) is 1.24. The van der Waals surface area contributed by atoms with Crippen molar-refractivity contribution in [1.29, 1.82) is 0 Å². The van der Waals surface area contributed by atoms with E-state index in [1.54, 1.807) is 0 Å². The quantitative estimate of drug-likeness (QED) is 0.453. The van der Waals surface area contributed by atoms with Crippen LogP contribution in [0.25, 0.3) is 10.8 Å². The molecule has 0 unspecified atom stereocenters. The molecular weight excluding hydrogens is 360 g/mol. The van der Waals surface area contributed by atoms with Crippen LogP contribution in [0.15, 0.2) is 66.7 Å². The Balaban J connectivity index is 1.51. The fourth-order valence-electron chi connectivity index (χ4n) is 3.39. The van der Waals surface area contributed by atoms with Gasteiger partial charge >= 0.3 is 0 Å². The normalized spacial score (nSPS) is 12.1. The zero-order valence-corrected chi connectivity index (χ0v) is 16.6. The molecule has 0 saturated heterocycles. The molecular formula is C23H24N6. The van der Waals surface area contributed by atoms with Crippen LogP contribution in [-0.4, -0.2) is 15.0 Å². The second kappa shape index (κ2) is 8.24. The Morgan fingerprint density at radius 2 is 1.66 bits per heavy atom. The van der Waals surface area contributed by atoms with Gasteiger partial charge < -0.3 is 16.4 Å². The molecule has 1 heterocycles. The maximum Gasteiger partial charge on any atom is 0.232 e. The Morgan fingerprint density at radius 3 is 2.52 bits per heavy atom. The maximum absolute atomic E-state index is 5.91. The first-order valence-electron chi connectivity index (χ1n) is 9.64. The molecule has 0 saturated carbocycles. The minimum absolute atomic E-state index is 0.131. The molecule has 0 spiro atoms. The Bertz CT molecular complexity index is 1140. The minimum atomic E-state index is 0.131. The topological polar surface area (TPSA) is 88.8 Å². The lowest BCUT2D eigenvalue weighted by Crippen LogP contribution is -2.21. The molecule has 3 aromatic carbocycles. The SMILES string of the molecule is Cc1ccccc1Nc1nc(N)nc(CN[C@H](C)c2cccc3ccccc23)n1. The average Bonchev–Trinajstić information content (AvgIpc) is 2.73. The first kappa shape index (κ1) is 18.8. The molecule has 0 fully saturated rings. The molecule has 0 aliphatic rings. The molecule has 0 aliphatic heterocycles.